The number of carbonyl (C=O) groups is 1. The first-order chi connectivity index (χ1) is 12.7. The number of ether oxygens (including phenoxy) is 1. The average molecular weight is 368 g/mol. The van der Waals surface area contributed by atoms with Crippen LogP contribution in [0.1, 0.15) is 16.8 Å². The Morgan fingerprint density at radius 2 is 2.15 bits per heavy atom. The Labute approximate surface area is 153 Å². The largest absolute Gasteiger partial charge is 0.473 e. The van der Waals surface area contributed by atoms with Crippen LogP contribution in [0.4, 0.5) is 5.69 Å². The molecule has 132 valence electrons. The number of pyridine rings is 1. The summed E-state index contributed by atoms with van der Waals surface area (Å²) in [6.45, 7) is 0. The van der Waals surface area contributed by atoms with E-state index in [-0.39, 0.29) is 11.8 Å². The molecule has 6 nitrogen and oxygen atoms in total. The van der Waals surface area contributed by atoms with E-state index in [9.17, 15) is 9.59 Å². The number of carbonyl (C=O) groups excluding carboxylic acids is 1. The van der Waals surface area contributed by atoms with Gasteiger partial charge in [0.25, 0.3) is 5.91 Å². The summed E-state index contributed by atoms with van der Waals surface area (Å²) in [5.74, 6) is 2.00. The number of anilines is 1. The first-order valence-corrected chi connectivity index (χ1v) is 9.39. The fourth-order valence-electron chi connectivity index (χ4n) is 2.74. The summed E-state index contributed by atoms with van der Waals surface area (Å²) < 4.78 is 11.0. The number of nitrogens with one attached hydrogen (secondary N) is 1. The zero-order valence-corrected chi connectivity index (χ0v) is 14.6. The smallest absolute Gasteiger partial charge is 0.360 e. The Morgan fingerprint density at radius 3 is 3.00 bits per heavy atom. The van der Waals surface area contributed by atoms with Crippen molar-refractivity contribution in [2.45, 2.75) is 12.5 Å². The van der Waals surface area contributed by atoms with Gasteiger partial charge in [0.2, 0.25) is 5.88 Å². The SMILES string of the molecule is O=C(Nc1cc2ccccc2oc1=O)c1ccnc(O[C@H]2CCSC2)c1. The van der Waals surface area contributed by atoms with E-state index in [0.717, 1.165) is 23.3 Å². The fraction of sp³-hybridized carbons (Fsp3) is 0.211. The molecule has 3 aromatic rings. The van der Waals surface area contributed by atoms with Crippen LogP contribution in [0.3, 0.4) is 0 Å². The van der Waals surface area contributed by atoms with Gasteiger partial charge in [-0.2, -0.15) is 11.8 Å². The van der Waals surface area contributed by atoms with Gasteiger partial charge in [-0.3, -0.25) is 4.79 Å². The summed E-state index contributed by atoms with van der Waals surface area (Å²) >= 11 is 1.84. The summed E-state index contributed by atoms with van der Waals surface area (Å²) in [6.07, 6.45) is 2.62. The summed E-state index contributed by atoms with van der Waals surface area (Å²) in [5, 5.41) is 3.34. The molecule has 1 atom stereocenters. The molecule has 2 aromatic heterocycles. The highest BCUT2D eigenvalue weighted by Crippen LogP contribution is 2.22. The van der Waals surface area contributed by atoms with E-state index in [2.05, 4.69) is 10.3 Å². The van der Waals surface area contributed by atoms with E-state index < -0.39 is 11.5 Å². The van der Waals surface area contributed by atoms with Crippen molar-refractivity contribution in [1.29, 1.82) is 0 Å². The molecule has 1 fully saturated rings. The van der Waals surface area contributed by atoms with Crippen molar-refractivity contribution < 1.29 is 13.9 Å². The van der Waals surface area contributed by atoms with Crippen LogP contribution < -0.4 is 15.7 Å². The molecule has 1 amide bonds. The lowest BCUT2D eigenvalue weighted by Crippen LogP contribution is -2.19. The molecule has 0 spiro atoms. The standard InChI is InChI=1S/C19H16N2O4S/c22-18(13-5-7-20-17(10-13)24-14-6-8-26-11-14)21-15-9-12-3-1-2-4-16(12)25-19(15)23/h1-5,7,9-10,14H,6,8,11H2,(H,21,22)/t14-/m0/s1. The number of thioether (sulfide) groups is 1. The molecule has 4 rings (SSSR count). The number of nitrogens with zero attached hydrogens (tertiary/aromatic N) is 1. The molecule has 0 aliphatic carbocycles. The Balaban J connectivity index is 1.54. The normalized spacial score (nSPS) is 16.5. The fourth-order valence-corrected chi connectivity index (χ4v) is 3.83. The van der Waals surface area contributed by atoms with Gasteiger partial charge in [-0.05, 0) is 30.4 Å². The second kappa shape index (κ2) is 7.21. The zero-order chi connectivity index (χ0) is 17.9. The average Bonchev–Trinajstić information content (AvgIpc) is 3.15. The minimum absolute atomic E-state index is 0.0974. The Morgan fingerprint density at radius 1 is 1.27 bits per heavy atom. The monoisotopic (exact) mass is 368 g/mol. The highest BCUT2D eigenvalue weighted by Gasteiger charge is 2.18. The number of hydrogen-bond donors (Lipinski definition) is 1. The molecule has 0 unspecified atom stereocenters. The molecule has 0 saturated carbocycles. The molecular formula is C19H16N2O4S. The van der Waals surface area contributed by atoms with Gasteiger partial charge in [0, 0.05) is 29.0 Å². The Bertz CT molecular complexity index is 1010. The number of fused-ring (bicyclic) bond motifs is 1. The van der Waals surface area contributed by atoms with Gasteiger partial charge in [0.15, 0.2) is 0 Å². The predicted octanol–water partition coefficient (Wildman–Crippen LogP) is 3.32. The second-order valence-corrected chi connectivity index (χ2v) is 7.08. The van der Waals surface area contributed by atoms with Crippen LogP contribution >= 0.6 is 11.8 Å². The first kappa shape index (κ1) is 16.7. The van der Waals surface area contributed by atoms with Crippen molar-refractivity contribution in [1.82, 2.24) is 4.98 Å². The van der Waals surface area contributed by atoms with Crippen LogP contribution in [0.25, 0.3) is 11.0 Å². The molecule has 7 heteroatoms. The van der Waals surface area contributed by atoms with Crippen molar-refractivity contribution >= 4 is 34.3 Å². The number of amides is 1. The minimum Gasteiger partial charge on any atom is -0.473 e. The topological polar surface area (TPSA) is 81.4 Å². The van der Waals surface area contributed by atoms with Crippen LogP contribution in [0, 0.1) is 0 Å². The van der Waals surface area contributed by atoms with E-state index in [0.29, 0.717) is 17.0 Å². The third kappa shape index (κ3) is 3.57. The molecule has 1 saturated heterocycles. The highest BCUT2D eigenvalue weighted by molar-refractivity contribution is 7.99. The van der Waals surface area contributed by atoms with E-state index in [4.69, 9.17) is 9.15 Å². The molecule has 1 aliphatic heterocycles. The lowest BCUT2D eigenvalue weighted by atomic mass is 10.2. The van der Waals surface area contributed by atoms with Crippen molar-refractivity contribution in [2.24, 2.45) is 0 Å². The number of aromatic nitrogens is 1. The molecule has 0 radical (unpaired) electrons. The van der Waals surface area contributed by atoms with Gasteiger partial charge in [0.1, 0.15) is 17.4 Å². The molecule has 1 N–H and O–H groups in total. The highest BCUT2D eigenvalue weighted by atomic mass is 32.2. The van der Waals surface area contributed by atoms with Crippen LogP contribution in [0.2, 0.25) is 0 Å². The van der Waals surface area contributed by atoms with E-state index in [1.165, 1.54) is 6.20 Å². The zero-order valence-electron chi connectivity index (χ0n) is 13.8. The molecule has 0 bridgehead atoms. The van der Waals surface area contributed by atoms with E-state index in [1.54, 1.807) is 30.3 Å². The van der Waals surface area contributed by atoms with Crippen LogP contribution in [-0.2, 0) is 0 Å². The number of benzene rings is 1. The lowest BCUT2D eigenvalue weighted by molar-refractivity contribution is 0.102. The molecule has 3 heterocycles. The third-order valence-electron chi connectivity index (χ3n) is 4.06. The van der Waals surface area contributed by atoms with E-state index >= 15 is 0 Å². The number of para-hydroxylation sites is 1. The van der Waals surface area contributed by atoms with Crippen LogP contribution in [0.15, 0.2) is 57.9 Å². The maximum atomic E-state index is 12.5. The van der Waals surface area contributed by atoms with Crippen molar-refractivity contribution in [3.63, 3.8) is 0 Å². The van der Waals surface area contributed by atoms with Crippen molar-refractivity contribution in [2.75, 3.05) is 16.8 Å². The van der Waals surface area contributed by atoms with Crippen LogP contribution in [-0.4, -0.2) is 28.5 Å². The second-order valence-electron chi connectivity index (χ2n) is 5.93. The Hall–Kier alpha value is -2.80. The molecule has 26 heavy (non-hydrogen) atoms. The Kier molecular flexibility index (Phi) is 4.62. The van der Waals surface area contributed by atoms with Crippen molar-refractivity contribution in [3.8, 4) is 5.88 Å². The summed E-state index contributed by atoms with van der Waals surface area (Å²) in [5.41, 5.74) is 0.350. The van der Waals surface area contributed by atoms with Gasteiger partial charge >= 0.3 is 5.63 Å². The molecule has 1 aliphatic rings. The van der Waals surface area contributed by atoms with Gasteiger partial charge in [-0.1, -0.05) is 18.2 Å². The maximum absolute atomic E-state index is 12.5. The predicted molar refractivity (Wildman–Crippen MR) is 101 cm³/mol. The quantitative estimate of drug-likeness (QED) is 0.712. The van der Waals surface area contributed by atoms with Gasteiger partial charge in [-0.25, -0.2) is 9.78 Å². The minimum atomic E-state index is -0.592. The summed E-state index contributed by atoms with van der Waals surface area (Å²) in [7, 11) is 0. The number of hydrogen-bond acceptors (Lipinski definition) is 6. The molecule has 1 aromatic carbocycles. The maximum Gasteiger partial charge on any atom is 0.360 e. The van der Waals surface area contributed by atoms with E-state index in [1.807, 2.05) is 23.9 Å². The van der Waals surface area contributed by atoms with Gasteiger partial charge < -0.3 is 14.5 Å². The van der Waals surface area contributed by atoms with Gasteiger partial charge in [0.05, 0.1) is 0 Å². The molecular weight excluding hydrogens is 352 g/mol. The lowest BCUT2D eigenvalue weighted by Gasteiger charge is -2.12. The number of rotatable bonds is 4. The summed E-state index contributed by atoms with van der Waals surface area (Å²) in [4.78, 5) is 28.7. The van der Waals surface area contributed by atoms with Crippen molar-refractivity contribution in [3.05, 3.63) is 64.6 Å². The first-order valence-electron chi connectivity index (χ1n) is 8.24. The third-order valence-corrected chi connectivity index (χ3v) is 5.19. The van der Waals surface area contributed by atoms with Gasteiger partial charge in [-0.15, -0.1) is 0 Å². The summed E-state index contributed by atoms with van der Waals surface area (Å²) in [6, 6.07) is 11.9. The van der Waals surface area contributed by atoms with Crippen LogP contribution in [0.5, 0.6) is 5.88 Å².